The van der Waals surface area contributed by atoms with Crippen molar-refractivity contribution in [2.24, 2.45) is 10.9 Å². The van der Waals surface area contributed by atoms with Crippen molar-refractivity contribution in [2.45, 2.75) is 6.43 Å². The average molecular weight is 216 g/mol. The van der Waals surface area contributed by atoms with E-state index in [2.05, 4.69) is 5.16 Å². The molecule has 1 rings (SSSR count). The zero-order valence-corrected chi connectivity index (χ0v) is 7.73. The topological polar surface area (TPSA) is 67.8 Å². The summed E-state index contributed by atoms with van der Waals surface area (Å²) in [6, 6.07) is 6.06. The maximum absolute atomic E-state index is 11.8. The van der Waals surface area contributed by atoms with Crippen LogP contribution in [0, 0.1) is 0 Å². The van der Waals surface area contributed by atoms with Gasteiger partial charge in [0, 0.05) is 5.56 Å². The zero-order valence-electron chi connectivity index (χ0n) is 7.73. The van der Waals surface area contributed by atoms with Crippen LogP contribution in [0.2, 0.25) is 0 Å². The molecule has 0 unspecified atom stereocenters. The van der Waals surface area contributed by atoms with Crippen molar-refractivity contribution in [1.82, 2.24) is 0 Å². The summed E-state index contributed by atoms with van der Waals surface area (Å²) in [7, 11) is 0. The summed E-state index contributed by atoms with van der Waals surface area (Å²) in [5, 5.41) is 11.2. The van der Waals surface area contributed by atoms with E-state index in [0.717, 1.165) is 0 Å². The third-order valence-electron chi connectivity index (χ3n) is 1.61. The Balaban J connectivity index is 2.74. The first-order chi connectivity index (χ1) is 7.13. The molecule has 4 nitrogen and oxygen atoms in total. The lowest BCUT2D eigenvalue weighted by atomic mass is 10.2. The van der Waals surface area contributed by atoms with Crippen LogP contribution in [0.3, 0.4) is 0 Å². The van der Waals surface area contributed by atoms with Crippen LogP contribution in [0.1, 0.15) is 5.56 Å². The summed E-state index contributed by atoms with van der Waals surface area (Å²) >= 11 is 0. The van der Waals surface area contributed by atoms with Gasteiger partial charge < -0.3 is 15.7 Å². The molecule has 0 heterocycles. The molecular weight excluding hydrogens is 206 g/mol. The van der Waals surface area contributed by atoms with Crippen molar-refractivity contribution < 1.29 is 18.7 Å². The van der Waals surface area contributed by atoms with E-state index in [9.17, 15) is 8.78 Å². The van der Waals surface area contributed by atoms with E-state index in [1.165, 1.54) is 12.1 Å². The quantitative estimate of drug-likeness (QED) is 0.346. The second kappa shape index (κ2) is 5.14. The van der Waals surface area contributed by atoms with Crippen molar-refractivity contribution in [3.8, 4) is 5.75 Å². The first-order valence-corrected chi connectivity index (χ1v) is 4.12. The van der Waals surface area contributed by atoms with Gasteiger partial charge in [0.05, 0.1) is 0 Å². The number of hydrogen-bond acceptors (Lipinski definition) is 3. The number of ether oxygens (including phenoxy) is 1. The van der Waals surface area contributed by atoms with Gasteiger partial charge in [0.2, 0.25) is 0 Å². The van der Waals surface area contributed by atoms with Gasteiger partial charge in [0.15, 0.2) is 5.84 Å². The average Bonchev–Trinajstić information content (AvgIpc) is 2.25. The Morgan fingerprint density at radius 3 is 2.87 bits per heavy atom. The fraction of sp³-hybridized carbons (Fsp3) is 0.222. The van der Waals surface area contributed by atoms with Crippen LogP contribution < -0.4 is 10.5 Å². The first-order valence-electron chi connectivity index (χ1n) is 4.12. The molecule has 0 radical (unpaired) electrons. The van der Waals surface area contributed by atoms with Crippen molar-refractivity contribution >= 4 is 5.84 Å². The van der Waals surface area contributed by atoms with Crippen molar-refractivity contribution in [3.05, 3.63) is 29.8 Å². The van der Waals surface area contributed by atoms with Crippen molar-refractivity contribution in [1.29, 1.82) is 0 Å². The minimum atomic E-state index is -2.53. The van der Waals surface area contributed by atoms with E-state index >= 15 is 0 Å². The van der Waals surface area contributed by atoms with E-state index in [-0.39, 0.29) is 11.6 Å². The maximum Gasteiger partial charge on any atom is 0.272 e. The predicted octanol–water partition coefficient (Wildman–Crippen LogP) is 1.43. The van der Waals surface area contributed by atoms with Gasteiger partial charge in [0.25, 0.3) is 6.43 Å². The number of hydrogen-bond donors (Lipinski definition) is 2. The van der Waals surface area contributed by atoms with Gasteiger partial charge in [0.1, 0.15) is 12.4 Å². The second-order valence-corrected chi connectivity index (χ2v) is 2.72. The van der Waals surface area contributed by atoms with Gasteiger partial charge in [-0.15, -0.1) is 0 Å². The molecule has 0 aliphatic rings. The van der Waals surface area contributed by atoms with Crippen LogP contribution in [0.4, 0.5) is 8.78 Å². The molecule has 0 saturated carbocycles. The highest BCUT2D eigenvalue weighted by Crippen LogP contribution is 2.13. The largest absolute Gasteiger partial charge is 0.488 e. The molecule has 0 amide bonds. The molecule has 0 aliphatic carbocycles. The van der Waals surface area contributed by atoms with E-state index in [4.69, 9.17) is 15.7 Å². The molecular formula is C9H10F2N2O2. The first kappa shape index (κ1) is 11.2. The third-order valence-corrected chi connectivity index (χ3v) is 1.61. The third kappa shape index (κ3) is 3.41. The molecule has 6 heteroatoms. The lowest BCUT2D eigenvalue weighted by Gasteiger charge is -2.06. The number of rotatable bonds is 4. The Hall–Kier alpha value is -1.85. The predicted molar refractivity (Wildman–Crippen MR) is 50.5 cm³/mol. The maximum atomic E-state index is 11.8. The fourth-order valence-electron chi connectivity index (χ4n) is 0.962. The van der Waals surface area contributed by atoms with Crippen molar-refractivity contribution in [3.63, 3.8) is 0 Å². The number of benzene rings is 1. The molecule has 0 aromatic heterocycles. The van der Waals surface area contributed by atoms with Gasteiger partial charge >= 0.3 is 0 Å². The number of alkyl halides is 2. The smallest absolute Gasteiger partial charge is 0.272 e. The van der Waals surface area contributed by atoms with Gasteiger partial charge in [-0.2, -0.15) is 0 Å². The van der Waals surface area contributed by atoms with Gasteiger partial charge in [-0.3, -0.25) is 0 Å². The second-order valence-electron chi connectivity index (χ2n) is 2.72. The molecule has 0 saturated heterocycles. The van der Waals surface area contributed by atoms with Crippen LogP contribution in [-0.2, 0) is 0 Å². The fourth-order valence-corrected chi connectivity index (χ4v) is 0.962. The summed E-state index contributed by atoms with van der Waals surface area (Å²) in [5.41, 5.74) is 5.72. The summed E-state index contributed by atoms with van der Waals surface area (Å²) in [6.07, 6.45) is -2.53. The molecule has 1 aromatic carbocycles. The highest BCUT2D eigenvalue weighted by atomic mass is 19.3. The molecule has 0 spiro atoms. The molecule has 0 aliphatic heterocycles. The Morgan fingerprint density at radius 2 is 2.27 bits per heavy atom. The SMILES string of the molecule is N/C(=N\O)c1cccc(OCC(F)F)c1. The zero-order chi connectivity index (χ0) is 11.3. The lowest BCUT2D eigenvalue weighted by Crippen LogP contribution is -2.13. The van der Waals surface area contributed by atoms with Crippen LogP contribution in [0.5, 0.6) is 5.75 Å². The summed E-state index contributed by atoms with van der Waals surface area (Å²) in [5.74, 6) is 0.150. The van der Waals surface area contributed by atoms with E-state index in [1.54, 1.807) is 12.1 Å². The lowest BCUT2D eigenvalue weighted by molar-refractivity contribution is 0.0819. The molecule has 15 heavy (non-hydrogen) atoms. The van der Waals surface area contributed by atoms with Crippen LogP contribution in [0.15, 0.2) is 29.4 Å². The summed E-state index contributed by atoms with van der Waals surface area (Å²) in [4.78, 5) is 0. The minimum absolute atomic E-state index is 0.0995. The summed E-state index contributed by atoms with van der Waals surface area (Å²) in [6.45, 7) is -0.681. The molecule has 1 aromatic rings. The van der Waals surface area contributed by atoms with Crippen LogP contribution in [-0.4, -0.2) is 24.1 Å². The number of halogens is 2. The van der Waals surface area contributed by atoms with Crippen molar-refractivity contribution in [2.75, 3.05) is 6.61 Å². The summed E-state index contributed by atoms with van der Waals surface area (Å²) < 4.78 is 28.4. The minimum Gasteiger partial charge on any atom is -0.488 e. The van der Waals surface area contributed by atoms with Gasteiger partial charge in [-0.05, 0) is 12.1 Å². The Bertz CT molecular complexity index is 356. The number of nitrogens with zero attached hydrogens (tertiary/aromatic N) is 1. The Morgan fingerprint density at radius 1 is 1.53 bits per heavy atom. The van der Waals surface area contributed by atoms with Gasteiger partial charge in [-0.25, -0.2) is 8.78 Å². The van der Waals surface area contributed by atoms with E-state index < -0.39 is 13.0 Å². The van der Waals surface area contributed by atoms with E-state index in [0.29, 0.717) is 5.56 Å². The normalized spacial score (nSPS) is 11.8. The number of nitrogens with two attached hydrogens (primary N) is 1. The number of oxime groups is 1. The van der Waals surface area contributed by atoms with Crippen LogP contribution >= 0.6 is 0 Å². The van der Waals surface area contributed by atoms with Gasteiger partial charge in [-0.1, -0.05) is 17.3 Å². The number of amidine groups is 1. The molecule has 82 valence electrons. The monoisotopic (exact) mass is 216 g/mol. The molecule has 3 N–H and O–H groups in total. The highest BCUT2D eigenvalue weighted by molar-refractivity contribution is 5.97. The molecule has 0 bridgehead atoms. The Kier molecular flexibility index (Phi) is 3.84. The Labute approximate surface area is 85.0 Å². The molecule has 0 fully saturated rings. The highest BCUT2D eigenvalue weighted by Gasteiger charge is 2.05. The van der Waals surface area contributed by atoms with E-state index in [1.807, 2.05) is 0 Å². The molecule has 0 atom stereocenters. The van der Waals surface area contributed by atoms with Crippen LogP contribution in [0.25, 0.3) is 0 Å². The standard InChI is InChI=1S/C9H10F2N2O2/c10-8(11)5-15-7-3-1-2-6(4-7)9(12)13-14/h1-4,8,14H,5H2,(H2,12,13).